The molecule has 0 spiro atoms. The van der Waals surface area contributed by atoms with Crippen molar-refractivity contribution in [3.8, 4) is 0 Å². The highest BCUT2D eigenvalue weighted by atomic mass is 32.3. The fourth-order valence-electron chi connectivity index (χ4n) is 2.06. The van der Waals surface area contributed by atoms with E-state index in [1.807, 2.05) is 4.90 Å². The van der Waals surface area contributed by atoms with E-state index >= 15 is 0 Å². The van der Waals surface area contributed by atoms with Crippen LogP contribution in [0, 0.1) is 0 Å². The molecule has 0 amide bonds. The van der Waals surface area contributed by atoms with Gasteiger partial charge in [-0.2, -0.15) is 4.31 Å². The first-order chi connectivity index (χ1) is 9.75. The van der Waals surface area contributed by atoms with E-state index in [2.05, 4.69) is 0 Å². The lowest BCUT2D eigenvalue weighted by atomic mass is 10.4. The van der Waals surface area contributed by atoms with E-state index in [1.54, 1.807) is 0 Å². The predicted octanol–water partition coefficient (Wildman–Crippen LogP) is -1.31. The average Bonchev–Trinajstić information content (AvgIpc) is 2.90. The highest BCUT2D eigenvalue weighted by Crippen LogP contribution is 2.27. The van der Waals surface area contributed by atoms with Crippen LogP contribution < -0.4 is 5.14 Å². The number of nitrogens with zero attached hydrogens (tertiary/aromatic N) is 2. The van der Waals surface area contributed by atoms with Gasteiger partial charge in [0, 0.05) is 32.7 Å². The number of hydrogen-bond acceptors (Lipinski definition) is 7. The third-order valence-electron chi connectivity index (χ3n) is 3.18. The molecular weight excluding hydrogens is 338 g/mol. The topological polar surface area (TPSA) is 121 Å². The molecular formula is C10H17N3O5S3. The monoisotopic (exact) mass is 355 g/mol. The van der Waals surface area contributed by atoms with E-state index in [9.17, 15) is 16.8 Å². The summed E-state index contributed by atoms with van der Waals surface area (Å²) in [5.74, 6) is 0. The van der Waals surface area contributed by atoms with Crippen LogP contribution in [0.15, 0.2) is 20.6 Å². The first kappa shape index (κ1) is 16.8. The lowest BCUT2D eigenvalue weighted by Gasteiger charge is -2.33. The molecule has 0 aromatic carbocycles. The summed E-state index contributed by atoms with van der Waals surface area (Å²) in [7, 11) is -7.59. The molecule has 0 bridgehead atoms. The summed E-state index contributed by atoms with van der Waals surface area (Å²) in [4.78, 5) is 1.97. The van der Waals surface area contributed by atoms with Crippen molar-refractivity contribution in [3.05, 3.63) is 12.1 Å². The van der Waals surface area contributed by atoms with Crippen molar-refractivity contribution in [3.63, 3.8) is 0 Å². The molecule has 0 saturated carbocycles. The molecule has 1 saturated heterocycles. The molecule has 1 aromatic heterocycles. The largest absolute Gasteiger partial charge is 0.395 e. The van der Waals surface area contributed by atoms with Gasteiger partial charge in [-0.05, 0) is 12.1 Å². The molecule has 8 nitrogen and oxygen atoms in total. The smallest absolute Gasteiger partial charge is 0.252 e. The van der Waals surface area contributed by atoms with Crippen molar-refractivity contribution < 1.29 is 21.9 Å². The number of aliphatic hydroxyl groups is 1. The quantitative estimate of drug-likeness (QED) is 0.677. The summed E-state index contributed by atoms with van der Waals surface area (Å²) in [5.41, 5.74) is 0. The van der Waals surface area contributed by atoms with Crippen molar-refractivity contribution in [1.82, 2.24) is 9.21 Å². The molecule has 0 atom stereocenters. The number of thiophene rings is 1. The van der Waals surface area contributed by atoms with Crippen LogP contribution in [0.4, 0.5) is 0 Å². The Hall–Kier alpha value is -0.560. The van der Waals surface area contributed by atoms with E-state index in [1.165, 1.54) is 16.4 Å². The summed E-state index contributed by atoms with van der Waals surface area (Å²) >= 11 is 0.655. The maximum Gasteiger partial charge on any atom is 0.252 e. The Morgan fingerprint density at radius 1 is 1.10 bits per heavy atom. The molecule has 1 aliphatic rings. The van der Waals surface area contributed by atoms with Crippen molar-refractivity contribution in [1.29, 1.82) is 0 Å². The third-order valence-corrected chi connectivity index (χ3v) is 8.07. The Bertz CT molecular complexity index is 689. The summed E-state index contributed by atoms with van der Waals surface area (Å²) in [5, 5.41) is 13.8. The molecule has 1 aliphatic heterocycles. The first-order valence-corrected chi connectivity index (χ1v) is 10.0. The molecule has 0 radical (unpaired) electrons. The zero-order chi connectivity index (χ0) is 15.7. The van der Waals surface area contributed by atoms with Gasteiger partial charge >= 0.3 is 0 Å². The van der Waals surface area contributed by atoms with Gasteiger partial charge in [-0.1, -0.05) is 0 Å². The molecule has 120 valence electrons. The average molecular weight is 355 g/mol. The Balaban J connectivity index is 2.14. The van der Waals surface area contributed by atoms with Gasteiger partial charge in [0.1, 0.15) is 8.42 Å². The lowest BCUT2D eigenvalue weighted by molar-refractivity contribution is 0.151. The predicted molar refractivity (Wildman–Crippen MR) is 78.0 cm³/mol. The molecule has 11 heteroatoms. The van der Waals surface area contributed by atoms with E-state index in [0.29, 0.717) is 44.1 Å². The molecule has 0 aliphatic carbocycles. The first-order valence-electron chi connectivity index (χ1n) is 6.21. The van der Waals surface area contributed by atoms with Gasteiger partial charge in [0.05, 0.1) is 6.61 Å². The van der Waals surface area contributed by atoms with E-state index < -0.39 is 20.0 Å². The number of piperazine rings is 1. The number of aliphatic hydroxyl groups excluding tert-OH is 1. The minimum absolute atomic E-state index is 0.0258. The van der Waals surface area contributed by atoms with Gasteiger partial charge in [-0.3, -0.25) is 4.90 Å². The summed E-state index contributed by atoms with van der Waals surface area (Å²) < 4.78 is 48.4. The Morgan fingerprint density at radius 2 is 1.67 bits per heavy atom. The van der Waals surface area contributed by atoms with Gasteiger partial charge in [-0.25, -0.2) is 22.0 Å². The standard InChI is InChI=1S/C10H17N3O5S3/c11-20(15,16)9-1-2-10(19-9)21(17,18)13-5-3-12(4-6-13)7-8-14/h1-2,14H,3-8H2,(H2,11,15,16). The Kier molecular flexibility index (Phi) is 5.03. The molecule has 2 heterocycles. The highest BCUT2D eigenvalue weighted by molar-refractivity contribution is 7.93. The number of primary sulfonamides is 1. The van der Waals surface area contributed by atoms with Crippen LogP contribution in [0.2, 0.25) is 0 Å². The van der Waals surface area contributed by atoms with E-state index in [4.69, 9.17) is 10.2 Å². The summed E-state index contributed by atoms with van der Waals surface area (Å²) in [6.07, 6.45) is 0. The van der Waals surface area contributed by atoms with Crippen molar-refractivity contribution >= 4 is 31.4 Å². The number of rotatable bonds is 5. The Morgan fingerprint density at radius 3 is 2.14 bits per heavy atom. The highest BCUT2D eigenvalue weighted by Gasteiger charge is 2.30. The number of nitrogens with two attached hydrogens (primary N) is 1. The van der Waals surface area contributed by atoms with Crippen LogP contribution >= 0.6 is 11.3 Å². The molecule has 3 N–H and O–H groups in total. The van der Waals surface area contributed by atoms with Gasteiger partial charge in [0.2, 0.25) is 10.0 Å². The lowest BCUT2D eigenvalue weighted by Crippen LogP contribution is -2.49. The maximum atomic E-state index is 12.4. The van der Waals surface area contributed by atoms with Crippen molar-refractivity contribution in [2.24, 2.45) is 5.14 Å². The van der Waals surface area contributed by atoms with Gasteiger partial charge in [0.25, 0.3) is 10.0 Å². The Labute approximate surface area is 127 Å². The van der Waals surface area contributed by atoms with Crippen LogP contribution in [-0.4, -0.2) is 70.5 Å². The molecule has 0 unspecified atom stereocenters. The second-order valence-electron chi connectivity index (χ2n) is 4.59. The zero-order valence-electron chi connectivity index (χ0n) is 11.2. The number of hydrogen-bond donors (Lipinski definition) is 2. The van der Waals surface area contributed by atoms with Crippen LogP contribution in [-0.2, 0) is 20.0 Å². The van der Waals surface area contributed by atoms with Gasteiger partial charge < -0.3 is 5.11 Å². The second-order valence-corrected chi connectivity index (χ2v) is 9.62. The third kappa shape index (κ3) is 3.80. The molecule has 1 aromatic rings. The van der Waals surface area contributed by atoms with E-state index in [0.717, 1.165) is 0 Å². The molecule has 1 fully saturated rings. The maximum absolute atomic E-state index is 12.4. The number of sulfonamides is 2. The minimum atomic E-state index is -3.89. The van der Waals surface area contributed by atoms with Crippen molar-refractivity contribution in [2.45, 2.75) is 8.42 Å². The van der Waals surface area contributed by atoms with Crippen LogP contribution in [0.3, 0.4) is 0 Å². The molecule has 21 heavy (non-hydrogen) atoms. The van der Waals surface area contributed by atoms with Crippen LogP contribution in [0.1, 0.15) is 0 Å². The second kappa shape index (κ2) is 6.28. The zero-order valence-corrected chi connectivity index (χ0v) is 13.6. The van der Waals surface area contributed by atoms with Crippen molar-refractivity contribution in [2.75, 3.05) is 39.3 Å². The van der Waals surface area contributed by atoms with Crippen LogP contribution in [0.5, 0.6) is 0 Å². The van der Waals surface area contributed by atoms with E-state index in [-0.39, 0.29) is 15.0 Å². The summed E-state index contributed by atoms with van der Waals surface area (Å²) in [6, 6.07) is 2.47. The minimum Gasteiger partial charge on any atom is -0.395 e. The fraction of sp³-hybridized carbons (Fsp3) is 0.600. The normalized spacial score (nSPS) is 19.0. The SMILES string of the molecule is NS(=O)(=O)c1ccc(S(=O)(=O)N2CCN(CCO)CC2)s1. The molecule has 2 rings (SSSR count). The van der Waals surface area contributed by atoms with Crippen LogP contribution in [0.25, 0.3) is 0 Å². The summed E-state index contributed by atoms with van der Waals surface area (Å²) in [6.45, 7) is 2.24. The van der Waals surface area contributed by atoms with Gasteiger partial charge in [-0.15, -0.1) is 11.3 Å². The number of β-amino-alcohol motifs (C(OH)–C–C–N with tert-alkyl or cyclic N) is 1. The van der Waals surface area contributed by atoms with Gasteiger partial charge in [0.15, 0.2) is 0 Å². The fourth-order valence-corrected chi connectivity index (χ4v) is 5.82.